The smallest absolute Gasteiger partial charge is 0.252 e. The zero-order valence-corrected chi connectivity index (χ0v) is 11.0. The van der Waals surface area contributed by atoms with Crippen molar-refractivity contribution in [2.75, 3.05) is 11.1 Å². The summed E-state index contributed by atoms with van der Waals surface area (Å²) in [5, 5.41) is 3.14. The fraction of sp³-hybridized carbons (Fsp3) is 0.200. The number of fused-ring (bicyclic) bond motifs is 1. The van der Waals surface area contributed by atoms with Gasteiger partial charge in [-0.05, 0) is 48.6 Å². The highest BCUT2D eigenvalue weighted by molar-refractivity contribution is 5.99. The number of aromatic nitrogens is 1. The summed E-state index contributed by atoms with van der Waals surface area (Å²) >= 11 is 0. The van der Waals surface area contributed by atoms with E-state index < -0.39 is 5.91 Å². The van der Waals surface area contributed by atoms with Crippen LogP contribution in [0.3, 0.4) is 0 Å². The van der Waals surface area contributed by atoms with Gasteiger partial charge in [0.1, 0.15) is 5.82 Å². The molecule has 2 aromatic rings. The Morgan fingerprint density at radius 2 is 2.00 bits per heavy atom. The fourth-order valence-electron chi connectivity index (χ4n) is 2.55. The average molecular weight is 268 g/mol. The summed E-state index contributed by atoms with van der Waals surface area (Å²) in [6.45, 7) is 0. The molecule has 1 amide bonds. The number of carbonyl (C=O) groups is 1. The third-order valence-electron chi connectivity index (χ3n) is 3.54. The molecule has 1 aliphatic carbocycles. The maximum absolute atomic E-state index is 11.4. The molecule has 1 aromatic heterocycles. The molecule has 3 rings (SSSR count). The number of primary amides is 1. The summed E-state index contributed by atoms with van der Waals surface area (Å²) in [5.41, 5.74) is 15.4. The second-order valence-corrected chi connectivity index (χ2v) is 4.99. The van der Waals surface area contributed by atoms with Crippen molar-refractivity contribution in [3.63, 3.8) is 0 Å². The number of nitrogens with one attached hydrogen (secondary N) is 1. The molecule has 1 aromatic carbocycles. The number of nitrogens with zero attached hydrogens (tertiary/aromatic N) is 1. The largest absolute Gasteiger partial charge is 0.397 e. The highest BCUT2D eigenvalue weighted by Crippen LogP contribution is 2.27. The van der Waals surface area contributed by atoms with Crippen LogP contribution in [-0.4, -0.2) is 10.9 Å². The number of carbonyl (C=O) groups excluding carboxylic acids is 1. The van der Waals surface area contributed by atoms with Gasteiger partial charge in [0.2, 0.25) is 0 Å². The standard InChI is InChI=1S/C15H16N4O/c16-11-7-13(14(17)20)15(18-8-11)19-12-5-4-9-2-1-3-10(9)6-12/h4-8H,1-3,16H2,(H2,17,20)(H,18,19). The molecule has 0 spiro atoms. The Kier molecular flexibility index (Phi) is 3.02. The van der Waals surface area contributed by atoms with E-state index in [4.69, 9.17) is 11.5 Å². The molecule has 0 radical (unpaired) electrons. The van der Waals surface area contributed by atoms with E-state index >= 15 is 0 Å². The van der Waals surface area contributed by atoms with Gasteiger partial charge in [-0.1, -0.05) is 6.07 Å². The van der Waals surface area contributed by atoms with Gasteiger partial charge in [0, 0.05) is 5.69 Å². The molecule has 0 fully saturated rings. The van der Waals surface area contributed by atoms with Crippen LogP contribution < -0.4 is 16.8 Å². The first-order valence-corrected chi connectivity index (χ1v) is 6.57. The van der Waals surface area contributed by atoms with E-state index in [-0.39, 0.29) is 0 Å². The van der Waals surface area contributed by atoms with Crippen LogP contribution in [-0.2, 0) is 12.8 Å². The number of benzene rings is 1. The van der Waals surface area contributed by atoms with E-state index in [0.717, 1.165) is 18.5 Å². The van der Waals surface area contributed by atoms with E-state index in [2.05, 4.69) is 22.4 Å². The number of aryl methyl sites for hydroxylation is 2. The lowest BCUT2D eigenvalue weighted by molar-refractivity contribution is 0.100. The average Bonchev–Trinajstić information content (AvgIpc) is 2.88. The van der Waals surface area contributed by atoms with Crippen molar-refractivity contribution in [1.82, 2.24) is 4.98 Å². The van der Waals surface area contributed by atoms with Gasteiger partial charge in [-0.15, -0.1) is 0 Å². The van der Waals surface area contributed by atoms with Crippen LogP contribution in [0.4, 0.5) is 17.2 Å². The van der Waals surface area contributed by atoms with Gasteiger partial charge in [0.25, 0.3) is 5.91 Å². The molecule has 5 nitrogen and oxygen atoms in total. The third kappa shape index (κ3) is 2.30. The number of hydrogen-bond acceptors (Lipinski definition) is 4. The topological polar surface area (TPSA) is 94.0 Å². The summed E-state index contributed by atoms with van der Waals surface area (Å²) in [7, 11) is 0. The Labute approximate surface area is 117 Å². The fourth-order valence-corrected chi connectivity index (χ4v) is 2.55. The molecule has 0 aliphatic heterocycles. The van der Waals surface area contributed by atoms with Gasteiger partial charge < -0.3 is 16.8 Å². The monoisotopic (exact) mass is 268 g/mol. The number of hydrogen-bond donors (Lipinski definition) is 3. The van der Waals surface area contributed by atoms with E-state index in [1.807, 2.05) is 6.07 Å². The highest BCUT2D eigenvalue weighted by atomic mass is 16.1. The molecule has 1 heterocycles. The Bertz CT molecular complexity index is 682. The van der Waals surface area contributed by atoms with Crippen LogP contribution in [0.1, 0.15) is 27.9 Å². The van der Waals surface area contributed by atoms with E-state index in [0.29, 0.717) is 17.1 Å². The van der Waals surface area contributed by atoms with Crippen molar-refractivity contribution in [2.24, 2.45) is 5.73 Å². The summed E-state index contributed by atoms with van der Waals surface area (Å²) in [5.74, 6) is -0.113. The number of nitrogen functional groups attached to an aromatic ring is 1. The first kappa shape index (κ1) is 12.5. The lowest BCUT2D eigenvalue weighted by Gasteiger charge is -2.11. The lowest BCUT2D eigenvalue weighted by atomic mass is 10.1. The minimum absolute atomic E-state index is 0.297. The molecule has 5 N–H and O–H groups in total. The Morgan fingerprint density at radius 3 is 2.80 bits per heavy atom. The molecule has 102 valence electrons. The van der Waals surface area contributed by atoms with E-state index in [1.165, 1.54) is 29.8 Å². The SMILES string of the molecule is NC(=O)c1cc(N)cnc1Nc1ccc2c(c1)CCC2. The maximum atomic E-state index is 11.4. The van der Waals surface area contributed by atoms with Gasteiger partial charge in [-0.2, -0.15) is 0 Å². The van der Waals surface area contributed by atoms with E-state index in [9.17, 15) is 4.79 Å². The third-order valence-corrected chi connectivity index (χ3v) is 3.54. The molecule has 20 heavy (non-hydrogen) atoms. The summed E-state index contributed by atoms with van der Waals surface area (Å²) in [6, 6.07) is 7.75. The summed E-state index contributed by atoms with van der Waals surface area (Å²) < 4.78 is 0. The number of pyridine rings is 1. The molecule has 0 atom stereocenters. The van der Waals surface area contributed by atoms with Crippen molar-refractivity contribution in [1.29, 1.82) is 0 Å². The van der Waals surface area contributed by atoms with Crippen molar-refractivity contribution < 1.29 is 4.79 Å². The first-order valence-electron chi connectivity index (χ1n) is 6.57. The normalized spacial score (nSPS) is 13.0. The summed E-state index contributed by atoms with van der Waals surface area (Å²) in [6.07, 6.45) is 4.94. The quantitative estimate of drug-likeness (QED) is 0.793. The van der Waals surface area contributed by atoms with Crippen molar-refractivity contribution in [3.05, 3.63) is 47.2 Å². The second-order valence-electron chi connectivity index (χ2n) is 4.99. The molecular weight excluding hydrogens is 252 g/mol. The Balaban J connectivity index is 1.93. The van der Waals surface area contributed by atoms with Crippen LogP contribution in [0.25, 0.3) is 0 Å². The number of rotatable bonds is 3. The van der Waals surface area contributed by atoms with Crippen LogP contribution in [0.5, 0.6) is 0 Å². The van der Waals surface area contributed by atoms with Crippen molar-refractivity contribution >= 4 is 23.1 Å². The Morgan fingerprint density at radius 1 is 1.20 bits per heavy atom. The maximum Gasteiger partial charge on any atom is 0.252 e. The highest BCUT2D eigenvalue weighted by Gasteiger charge is 2.13. The Hall–Kier alpha value is -2.56. The van der Waals surface area contributed by atoms with Gasteiger partial charge in [0.05, 0.1) is 17.4 Å². The van der Waals surface area contributed by atoms with Gasteiger partial charge in [-0.3, -0.25) is 4.79 Å². The van der Waals surface area contributed by atoms with Gasteiger partial charge in [-0.25, -0.2) is 4.98 Å². The predicted octanol–water partition coefficient (Wildman–Crippen LogP) is 1.99. The van der Waals surface area contributed by atoms with Crippen LogP contribution >= 0.6 is 0 Å². The van der Waals surface area contributed by atoms with Crippen molar-refractivity contribution in [3.8, 4) is 0 Å². The van der Waals surface area contributed by atoms with Crippen LogP contribution in [0, 0.1) is 0 Å². The molecule has 1 aliphatic rings. The zero-order valence-electron chi connectivity index (χ0n) is 11.0. The zero-order chi connectivity index (χ0) is 14.1. The van der Waals surface area contributed by atoms with Crippen LogP contribution in [0.15, 0.2) is 30.5 Å². The summed E-state index contributed by atoms with van der Waals surface area (Å²) in [4.78, 5) is 15.6. The second kappa shape index (κ2) is 4.85. The lowest BCUT2D eigenvalue weighted by Crippen LogP contribution is -2.14. The number of amides is 1. The molecule has 5 heteroatoms. The van der Waals surface area contributed by atoms with E-state index in [1.54, 1.807) is 0 Å². The molecule has 0 saturated carbocycles. The minimum Gasteiger partial charge on any atom is -0.397 e. The van der Waals surface area contributed by atoms with Crippen LogP contribution in [0.2, 0.25) is 0 Å². The first-order chi connectivity index (χ1) is 9.63. The number of anilines is 3. The van der Waals surface area contributed by atoms with Gasteiger partial charge in [0.15, 0.2) is 0 Å². The van der Waals surface area contributed by atoms with Crippen molar-refractivity contribution in [2.45, 2.75) is 19.3 Å². The number of nitrogens with two attached hydrogens (primary N) is 2. The molecule has 0 unspecified atom stereocenters. The van der Waals surface area contributed by atoms with Gasteiger partial charge >= 0.3 is 0 Å². The minimum atomic E-state index is -0.548. The molecule has 0 saturated heterocycles. The molecular formula is C15H16N4O. The molecule has 0 bridgehead atoms. The predicted molar refractivity (Wildman–Crippen MR) is 78.9 cm³/mol.